The number of benzene rings is 1. The Morgan fingerprint density at radius 3 is 2.65 bits per heavy atom. The van der Waals surface area contributed by atoms with Gasteiger partial charge in [-0.2, -0.15) is 0 Å². The van der Waals surface area contributed by atoms with Crippen LogP contribution in [0.5, 0.6) is 0 Å². The van der Waals surface area contributed by atoms with Crippen molar-refractivity contribution in [3.63, 3.8) is 0 Å². The zero-order valence-corrected chi connectivity index (χ0v) is 11.7. The molecule has 1 unspecified atom stereocenters. The highest BCUT2D eigenvalue weighted by atomic mass is 35.5. The van der Waals surface area contributed by atoms with Crippen molar-refractivity contribution < 1.29 is 0 Å². The lowest BCUT2D eigenvalue weighted by molar-refractivity contribution is 0.374. The van der Waals surface area contributed by atoms with Gasteiger partial charge in [-0.25, -0.2) is 0 Å². The molecule has 1 aliphatic carbocycles. The summed E-state index contributed by atoms with van der Waals surface area (Å²) in [5.74, 6) is 0.700. The maximum atomic E-state index is 6.33. The van der Waals surface area contributed by atoms with Crippen molar-refractivity contribution in [2.45, 2.75) is 38.6 Å². The van der Waals surface area contributed by atoms with E-state index in [9.17, 15) is 0 Å². The van der Waals surface area contributed by atoms with Crippen molar-refractivity contribution in [3.05, 3.63) is 33.8 Å². The predicted molar refractivity (Wildman–Crippen MR) is 74.8 cm³/mol. The topological polar surface area (TPSA) is 12.0 Å². The molecule has 0 amide bonds. The second-order valence-electron chi connectivity index (χ2n) is 4.72. The molecule has 1 aromatic carbocycles. The van der Waals surface area contributed by atoms with Crippen LogP contribution in [0.25, 0.3) is 0 Å². The monoisotopic (exact) mass is 271 g/mol. The molecule has 1 atom stereocenters. The van der Waals surface area contributed by atoms with E-state index in [1.54, 1.807) is 0 Å². The fourth-order valence-corrected chi connectivity index (χ4v) is 3.23. The summed E-state index contributed by atoms with van der Waals surface area (Å²) in [6.07, 6.45) is 5.26. The highest BCUT2D eigenvalue weighted by Crippen LogP contribution is 2.39. The van der Waals surface area contributed by atoms with Gasteiger partial charge in [0.2, 0.25) is 0 Å². The maximum Gasteiger partial charge on any atom is 0.0640 e. The summed E-state index contributed by atoms with van der Waals surface area (Å²) in [5, 5.41) is 4.94. The molecule has 1 aliphatic rings. The quantitative estimate of drug-likeness (QED) is 0.827. The lowest BCUT2D eigenvalue weighted by Gasteiger charge is -2.26. The van der Waals surface area contributed by atoms with Crippen LogP contribution < -0.4 is 5.32 Å². The van der Waals surface area contributed by atoms with Gasteiger partial charge >= 0.3 is 0 Å². The minimum atomic E-state index is 0.355. The third-order valence-corrected chi connectivity index (χ3v) is 4.45. The van der Waals surface area contributed by atoms with Crippen LogP contribution in [0.3, 0.4) is 0 Å². The third kappa shape index (κ3) is 2.96. The Labute approximate surface area is 114 Å². The van der Waals surface area contributed by atoms with Crippen molar-refractivity contribution in [3.8, 4) is 0 Å². The summed E-state index contributed by atoms with van der Waals surface area (Å²) in [7, 11) is 0. The second kappa shape index (κ2) is 6.08. The van der Waals surface area contributed by atoms with Crippen molar-refractivity contribution in [1.82, 2.24) is 5.32 Å². The SMILES string of the molecule is CCNC(c1cccc(Cl)c1Cl)C1CCCC1. The van der Waals surface area contributed by atoms with Crippen molar-refractivity contribution in [1.29, 1.82) is 0 Å². The fraction of sp³-hybridized carbons (Fsp3) is 0.571. The van der Waals surface area contributed by atoms with E-state index in [1.165, 1.54) is 25.7 Å². The van der Waals surface area contributed by atoms with E-state index in [1.807, 2.05) is 12.1 Å². The van der Waals surface area contributed by atoms with Crippen molar-refractivity contribution in [2.24, 2.45) is 5.92 Å². The lowest BCUT2D eigenvalue weighted by Crippen LogP contribution is -2.27. The molecule has 3 heteroatoms. The summed E-state index contributed by atoms with van der Waals surface area (Å²) < 4.78 is 0. The molecule has 0 radical (unpaired) electrons. The minimum absolute atomic E-state index is 0.355. The van der Waals surface area contributed by atoms with Crippen LogP contribution in [0, 0.1) is 5.92 Å². The first-order valence-corrected chi connectivity index (χ1v) is 7.17. The van der Waals surface area contributed by atoms with E-state index in [0.29, 0.717) is 22.0 Å². The van der Waals surface area contributed by atoms with Crippen LogP contribution in [0.2, 0.25) is 10.0 Å². The van der Waals surface area contributed by atoms with Gasteiger partial charge in [0.25, 0.3) is 0 Å². The summed E-state index contributed by atoms with van der Waals surface area (Å²) >= 11 is 12.4. The van der Waals surface area contributed by atoms with Gasteiger partial charge in [0.1, 0.15) is 0 Å². The molecule has 1 fully saturated rings. The second-order valence-corrected chi connectivity index (χ2v) is 5.51. The Balaban J connectivity index is 2.27. The molecular weight excluding hydrogens is 253 g/mol. The van der Waals surface area contributed by atoms with Crippen LogP contribution in [-0.4, -0.2) is 6.54 Å². The highest BCUT2D eigenvalue weighted by Gasteiger charge is 2.27. The van der Waals surface area contributed by atoms with E-state index in [4.69, 9.17) is 23.2 Å². The van der Waals surface area contributed by atoms with Crippen molar-refractivity contribution >= 4 is 23.2 Å². The Morgan fingerprint density at radius 1 is 1.29 bits per heavy atom. The fourth-order valence-electron chi connectivity index (χ4n) is 2.80. The number of rotatable bonds is 4. The average Bonchev–Trinajstić information content (AvgIpc) is 2.84. The zero-order valence-electron chi connectivity index (χ0n) is 10.2. The Hall–Kier alpha value is -0.240. The van der Waals surface area contributed by atoms with E-state index < -0.39 is 0 Å². The molecule has 1 N–H and O–H groups in total. The average molecular weight is 272 g/mol. The largest absolute Gasteiger partial charge is 0.310 e. The lowest BCUT2D eigenvalue weighted by atomic mass is 9.91. The summed E-state index contributed by atoms with van der Waals surface area (Å²) in [6, 6.07) is 6.29. The van der Waals surface area contributed by atoms with E-state index in [2.05, 4.69) is 18.3 Å². The van der Waals surface area contributed by atoms with Gasteiger partial charge in [-0.1, -0.05) is 55.1 Å². The number of nitrogens with one attached hydrogen (secondary N) is 1. The first-order chi connectivity index (χ1) is 8.24. The van der Waals surface area contributed by atoms with Crippen LogP contribution in [0.1, 0.15) is 44.2 Å². The van der Waals surface area contributed by atoms with Crippen LogP contribution in [-0.2, 0) is 0 Å². The third-order valence-electron chi connectivity index (χ3n) is 3.61. The molecule has 17 heavy (non-hydrogen) atoms. The summed E-state index contributed by atoms with van der Waals surface area (Å²) in [6.45, 7) is 3.10. The van der Waals surface area contributed by atoms with Gasteiger partial charge in [-0.05, 0) is 36.9 Å². The first kappa shape index (κ1) is 13.2. The normalized spacial score (nSPS) is 18.5. The Bertz CT molecular complexity index is 372. The predicted octanol–water partition coefficient (Wildman–Crippen LogP) is 4.83. The van der Waals surface area contributed by atoms with Crippen molar-refractivity contribution in [2.75, 3.05) is 6.54 Å². The summed E-state index contributed by atoms with van der Waals surface area (Å²) in [5.41, 5.74) is 1.16. The first-order valence-electron chi connectivity index (χ1n) is 6.41. The van der Waals surface area contributed by atoms with Gasteiger partial charge in [0, 0.05) is 6.04 Å². The molecule has 0 spiro atoms. The van der Waals surface area contributed by atoms with E-state index in [-0.39, 0.29) is 0 Å². The smallest absolute Gasteiger partial charge is 0.0640 e. The molecule has 0 aliphatic heterocycles. The maximum absolute atomic E-state index is 6.33. The highest BCUT2D eigenvalue weighted by molar-refractivity contribution is 6.42. The minimum Gasteiger partial charge on any atom is -0.310 e. The Kier molecular flexibility index (Phi) is 4.72. The molecule has 0 bridgehead atoms. The van der Waals surface area contributed by atoms with Gasteiger partial charge in [0.05, 0.1) is 10.0 Å². The molecule has 2 rings (SSSR count). The Morgan fingerprint density at radius 2 is 2.00 bits per heavy atom. The number of halogens is 2. The van der Waals surface area contributed by atoms with Crippen LogP contribution in [0.15, 0.2) is 18.2 Å². The zero-order chi connectivity index (χ0) is 12.3. The molecule has 0 heterocycles. The van der Waals surface area contributed by atoms with E-state index >= 15 is 0 Å². The molecule has 1 saturated carbocycles. The molecule has 1 aromatic rings. The van der Waals surface area contributed by atoms with Gasteiger partial charge in [-0.3, -0.25) is 0 Å². The standard InChI is InChI=1S/C14H19Cl2N/c1-2-17-14(10-6-3-4-7-10)11-8-5-9-12(15)13(11)16/h5,8-10,14,17H,2-4,6-7H2,1H3. The molecule has 0 saturated heterocycles. The number of hydrogen-bond acceptors (Lipinski definition) is 1. The summed E-state index contributed by atoms with van der Waals surface area (Å²) in [4.78, 5) is 0. The number of hydrogen-bond donors (Lipinski definition) is 1. The van der Waals surface area contributed by atoms with Gasteiger partial charge in [-0.15, -0.1) is 0 Å². The molecular formula is C14H19Cl2N. The van der Waals surface area contributed by atoms with Crippen LogP contribution in [0.4, 0.5) is 0 Å². The molecule has 94 valence electrons. The van der Waals surface area contributed by atoms with Gasteiger partial charge in [0.15, 0.2) is 0 Å². The van der Waals surface area contributed by atoms with E-state index in [0.717, 1.165) is 12.1 Å². The van der Waals surface area contributed by atoms with Gasteiger partial charge < -0.3 is 5.32 Å². The van der Waals surface area contributed by atoms with Crippen LogP contribution >= 0.6 is 23.2 Å². The molecule has 0 aromatic heterocycles. The molecule has 1 nitrogen and oxygen atoms in total.